The Morgan fingerprint density at radius 3 is 2.83 bits per heavy atom. The van der Waals surface area contributed by atoms with Crippen molar-refractivity contribution in [2.45, 2.75) is 6.92 Å². The fourth-order valence-electron chi connectivity index (χ4n) is 1.17. The fourth-order valence-corrected chi connectivity index (χ4v) is 2.04. The minimum Gasteiger partial charge on any atom is -0.398 e. The lowest BCUT2D eigenvalue weighted by Crippen LogP contribution is -1.87. The molecule has 0 fully saturated rings. The molecule has 0 saturated heterocycles. The first-order valence-electron chi connectivity index (χ1n) is 3.62. The van der Waals surface area contributed by atoms with Gasteiger partial charge < -0.3 is 5.73 Å². The van der Waals surface area contributed by atoms with Crippen LogP contribution in [-0.4, -0.2) is 0 Å². The molecule has 2 rings (SSSR count). The predicted octanol–water partition coefficient (Wildman–Crippen LogP) is 2.93. The highest BCUT2D eigenvalue weighted by Gasteiger charge is 2.02. The van der Waals surface area contributed by atoms with Crippen LogP contribution in [0.4, 0.5) is 10.1 Å². The Bertz CT molecular complexity index is 394. The molecule has 1 heterocycles. The van der Waals surface area contributed by atoms with Gasteiger partial charge in [0.05, 0.1) is 0 Å². The molecule has 1 nitrogen and oxygen atoms in total. The number of hydrogen-bond donors (Lipinski definition) is 1. The standard InChI is InChI=1S/C9H8FNS/c1-5-2-8-6(3-7(5)11)4-9(10)12-8/h2-4H,11H2,1H3. The first-order valence-corrected chi connectivity index (χ1v) is 4.43. The Kier molecular flexibility index (Phi) is 1.54. The Hall–Kier alpha value is -1.09. The Labute approximate surface area is 73.6 Å². The molecule has 62 valence electrons. The zero-order valence-electron chi connectivity index (χ0n) is 6.60. The van der Waals surface area contributed by atoms with Crippen LogP contribution in [0.3, 0.4) is 0 Å². The van der Waals surface area contributed by atoms with Crippen molar-refractivity contribution >= 4 is 27.1 Å². The van der Waals surface area contributed by atoms with E-state index in [2.05, 4.69) is 0 Å². The Morgan fingerprint density at radius 2 is 2.08 bits per heavy atom. The van der Waals surface area contributed by atoms with Gasteiger partial charge in [-0.3, -0.25) is 0 Å². The quantitative estimate of drug-likeness (QED) is 0.621. The van der Waals surface area contributed by atoms with Gasteiger partial charge in [0, 0.05) is 10.4 Å². The summed E-state index contributed by atoms with van der Waals surface area (Å²) in [6.07, 6.45) is 0. The number of rotatable bonds is 0. The van der Waals surface area contributed by atoms with Crippen molar-refractivity contribution in [3.05, 3.63) is 28.9 Å². The summed E-state index contributed by atoms with van der Waals surface area (Å²) in [7, 11) is 0. The van der Waals surface area contributed by atoms with Crippen LogP contribution in [-0.2, 0) is 0 Å². The lowest BCUT2D eigenvalue weighted by atomic mass is 10.1. The van der Waals surface area contributed by atoms with Crippen molar-refractivity contribution in [1.29, 1.82) is 0 Å². The SMILES string of the molecule is Cc1cc2sc(F)cc2cc1N. The maximum Gasteiger partial charge on any atom is 0.177 e. The number of fused-ring (bicyclic) bond motifs is 1. The number of thiophene rings is 1. The van der Waals surface area contributed by atoms with Crippen LogP contribution in [0.2, 0.25) is 0 Å². The Morgan fingerprint density at radius 1 is 1.33 bits per heavy atom. The number of benzene rings is 1. The van der Waals surface area contributed by atoms with Crippen LogP contribution >= 0.6 is 11.3 Å². The molecule has 12 heavy (non-hydrogen) atoms. The van der Waals surface area contributed by atoms with E-state index in [4.69, 9.17) is 5.73 Å². The third-order valence-electron chi connectivity index (χ3n) is 1.87. The Balaban J connectivity index is 2.83. The largest absolute Gasteiger partial charge is 0.398 e. The molecule has 0 atom stereocenters. The molecule has 0 spiro atoms. The van der Waals surface area contributed by atoms with E-state index in [-0.39, 0.29) is 5.13 Å². The monoisotopic (exact) mass is 181 g/mol. The summed E-state index contributed by atoms with van der Waals surface area (Å²) in [5.74, 6) is 0. The summed E-state index contributed by atoms with van der Waals surface area (Å²) in [6, 6.07) is 5.23. The zero-order valence-corrected chi connectivity index (χ0v) is 7.41. The average molecular weight is 181 g/mol. The van der Waals surface area contributed by atoms with Crippen molar-refractivity contribution < 1.29 is 4.39 Å². The molecule has 3 heteroatoms. The molecule has 0 aliphatic carbocycles. The lowest BCUT2D eigenvalue weighted by molar-refractivity contribution is 0.658. The fraction of sp³-hybridized carbons (Fsp3) is 0.111. The van der Waals surface area contributed by atoms with Gasteiger partial charge in [0.25, 0.3) is 0 Å². The highest BCUT2D eigenvalue weighted by atomic mass is 32.1. The molecule has 0 aliphatic heterocycles. The summed E-state index contributed by atoms with van der Waals surface area (Å²) >= 11 is 1.15. The number of halogens is 1. The highest BCUT2D eigenvalue weighted by Crippen LogP contribution is 2.28. The second kappa shape index (κ2) is 2.45. The molecule has 0 radical (unpaired) electrons. The molecule has 0 saturated carbocycles. The minimum atomic E-state index is -0.157. The summed E-state index contributed by atoms with van der Waals surface area (Å²) in [5, 5.41) is 0.732. The van der Waals surface area contributed by atoms with Gasteiger partial charge in [0.2, 0.25) is 0 Å². The van der Waals surface area contributed by atoms with Crippen LogP contribution in [0.5, 0.6) is 0 Å². The number of anilines is 1. The molecule has 0 aliphatic rings. The van der Waals surface area contributed by atoms with Crippen LogP contribution in [0.15, 0.2) is 18.2 Å². The van der Waals surface area contributed by atoms with Crippen molar-refractivity contribution in [3.8, 4) is 0 Å². The van der Waals surface area contributed by atoms with E-state index >= 15 is 0 Å². The topological polar surface area (TPSA) is 26.0 Å². The number of nitrogen functional groups attached to an aromatic ring is 1. The van der Waals surface area contributed by atoms with Crippen molar-refractivity contribution in [2.75, 3.05) is 5.73 Å². The van der Waals surface area contributed by atoms with Gasteiger partial charge in [0.15, 0.2) is 5.13 Å². The van der Waals surface area contributed by atoms with E-state index in [9.17, 15) is 4.39 Å². The summed E-state index contributed by atoms with van der Waals surface area (Å²) < 4.78 is 13.7. The van der Waals surface area contributed by atoms with Crippen molar-refractivity contribution in [2.24, 2.45) is 0 Å². The second-order valence-corrected chi connectivity index (χ2v) is 3.83. The van der Waals surface area contributed by atoms with E-state index in [1.807, 2.05) is 19.1 Å². The average Bonchev–Trinajstić information content (AvgIpc) is 2.30. The number of nitrogens with two attached hydrogens (primary N) is 1. The van der Waals surface area contributed by atoms with E-state index in [0.717, 1.165) is 32.7 Å². The van der Waals surface area contributed by atoms with Gasteiger partial charge in [-0.1, -0.05) is 0 Å². The van der Waals surface area contributed by atoms with Crippen molar-refractivity contribution in [3.63, 3.8) is 0 Å². The third kappa shape index (κ3) is 1.06. The predicted molar refractivity (Wildman–Crippen MR) is 50.9 cm³/mol. The van der Waals surface area contributed by atoms with E-state index in [1.165, 1.54) is 6.07 Å². The molecule has 0 unspecified atom stereocenters. The maximum atomic E-state index is 12.8. The van der Waals surface area contributed by atoms with Crippen LogP contribution < -0.4 is 5.73 Å². The van der Waals surface area contributed by atoms with E-state index < -0.39 is 0 Å². The maximum absolute atomic E-state index is 12.8. The van der Waals surface area contributed by atoms with Crippen LogP contribution in [0, 0.1) is 12.1 Å². The van der Waals surface area contributed by atoms with Crippen LogP contribution in [0.25, 0.3) is 10.1 Å². The smallest absolute Gasteiger partial charge is 0.177 e. The number of hydrogen-bond acceptors (Lipinski definition) is 2. The minimum absolute atomic E-state index is 0.157. The molecular formula is C9H8FNS. The van der Waals surface area contributed by atoms with E-state index in [0.29, 0.717) is 0 Å². The number of aryl methyl sites for hydroxylation is 1. The first-order chi connectivity index (χ1) is 5.66. The summed E-state index contributed by atoms with van der Waals surface area (Å²) in [5.41, 5.74) is 7.40. The summed E-state index contributed by atoms with van der Waals surface area (Å²) in [6.45, 7) is 1.92. The molecule has 1 aromatic heterocycles. The van der Waals surface area contributed by atoms with Gasteiger partial charge in [-0.15, -0.1) is 11.3 Å². The first kappa shape index (κ1) is 7.55. The second-order valence-electron chi connectivity index (χ2n) is 2.80. The van der Waals surface area contributed by atoms with E-state index in [1.54, 1.807) is 0 Å². The summed E-state index contributed by atoms with van der Waals surface area (Å²) in [4.78, 5) is 0. The molecule has 1 aromatic carbocycles. The van der Waals surface area contributed by atoms with Crippen molar-refractivity contribution in [1.82, 2.24) is 0 Å². The lowest BCUT2D eigenvalue weighted by Gasteiger charge is -1.97. The van der Waals surface area contributed by atoms with Gasteiger partial charge in [0.1, 0.15) is 0 Å². The molecule has 2 aromatic rings. The molecular weight excluding hydrogens is 173 g/mol. The van der Waals surface area contributed by atoms with Crippen LogP contribution in [0.1, 0.15) is 5.56 Å². The van der Waals surface area contributed by atoms with Gasteiger partial charge in [-0.2, -0.15) is 4.39 Å². The third-order valence-corrected chi connectivity index (χ3v) is 2.76. The molecule has 0 amide bonds. The normalized spacial score (nSPS) is 10.8. The van der Waals surface area contributed by atoms with Gasteiger partial charge in [-0.25, -0.2) is 0 Å². The highest BCUT2D eigenvalue weighted by molar-refractivity contribution is 7.17. The van der Waals surface area contributed by atoms with Gasteiger partial charge in [-0.05, 0) is 36.1 Å². The molecule has 2 N–H and O–H groups in total. The van der Waals surface area contributed by atoms with Gasteiger partial charge >= 0.3 is 0 Å². The molecule has 0 bridgehead atoms. The zero-order chi connectivity index (χ0) is 8.72.